The van der Waals surface area contributed by atoms with Crippen LogP contribution in [0, 0.1) is 5.41 Å². The standard InChI is InChI=1S/C32H33ClN6O3/c1-42-29(40)19-31-11-14-32(15-12-31,16-13-31)36-30(41)26(17-22-5-3-2-4-6-22)27-9-7-23(20-34-27)25-18-24(33)8-10-28(25)39-21-35-37-38-39/h2-10,18,20-21,26H,11-17,19H2,1H3,(H,36,41)/p+1. The summed E-state index contributed by atoms with van der Waals surface area (Å²) in [5.74, 6) is -0.607. The first-order valence-corrected chi connectivity index (χ1v) is 14.7. The van der Waals surface area contributed by atoms with Gasteiger partial charge in [-0.15, -0.1) is 4.68 Å². The number of aromatic amines is 1. The molecule has 0 aliphatic heterocycles. The lowest BCUT2D eigenvalue weighted by Crippen LogP contribution is -2.57. The monoisotopic (exact) mass is 585 g/mol. The average Bonchev–Trinajstić information content (AvgIpc) is 3.56. The molecule has 0 saturated heterocycles. The molecule has 2 aromatic carbocycles. The van der Waals surface area contributed by atoms with Gasteiger partial charge in [-0.1, -0.05) is 53.2 Å². The third-order valence-corrected chi connectivity index (χ3v) is 9.42. The van der Waals surface area contributed by atoms with Crippen LogP contribution in [0.1, 0.15) is 62.1 Å². The number of tetrazole rings is 1. The fraction of sp³-hybridized carbons (Fsp3) is 0.375. The minimum absolute atomic E-state index is 0.00409. The predicted molar refractivity (Wildman–Crippen MR) is 157 cm³/mol. The number of nitrogens with zero attached hydrogens (tertiary/aromatic N) is 4. The van der Waals surface area contributed by atoms with E-state index in [0.29, 0.717) is 23.6 Å². The van der Waals surface area contributed by atoms with Gasteiger partial charge in [-0.25, -0.2) is 0 Å². The Morgan fingerprint density at radius 3 is 2.45 bits per heavy atom. The summed E-state index contributed by atoms with van der Waals surface area (Å²) in [7, 11) is 1.45. The molecule has 3 aliphatic rings. The van der Waals surface area contributed by atoms with Crippen molar-refractivity contribution in [3.8, 4) is 16.8 Å². The van der Waals surface area contributed by atoms with Crippen LogP contribution in [0.5, 0.6) is 0 Å². The van der Waals surface area contributed by atoms with Gasteiger partial charge in [0.25, 0.3) is 6.33 Å². The highest BCUT2D eigenvalue weighted by atomic mass is 35.5. The Balaban J connectivity index is 1.25. The molecule has 4 aromatic rings. The van der Waals surface area contributed by atoms with Crippen LogP contribution in [0.15, 0.2) is 73.2 Å². The minimum Gasteiger partial charge on any atom is -0.469 e. The molecular weight excluding hydrogens is 552 g/mol. The summed E-state index contributed by atoms with van der Waals surface area (Å²) in [5, 5.41) is 14.6. The molecule has 0 spiro atoms. The van der Waals surface area contributed by atoms with E-state index in [2.05, 4.69) is 20.8 Å². The largest absolute Gasteiger partial charge is 0.469 e. The summed E-state index contributed by atoms with van der Waals surface area (Å²) in [5.41, 5.74) is 4.10. The smallest absolute Gasteiger partial charge is 0.306 e. The first-order chi connectivity index (χ1) is 20.4. The predicted octanol–water partition coefficient (Wildman–Crippen LogP) is 4.90. The number of fused-ring (bicyclic) bond motifs is 3. The summed E-state index contributed by atoms with van der Waals surface area (Å²) in [4.78, 5) is 30.9. The molecule has 2 N–H and O–H groups in total. The first-order valence-electron chi connectivity index (χ1n) is 14.3. The number of halogens is 1. The van der Waals surface area contributed by atoms with E-state index in [1.165, 1.54) is 7.11 Å². The number of hydrogen-bond acceptors (Lipinski definition) is 6. The van der Waals surface area contributed by atoms with Crippen molar-refractivity contribution in [2.24, 2.45) is 5.41 Å². The Labute approximate surface area is 249 Å². The van der Waals surface area contributed by atoms with Crippen molar-refractivity contribution in [3.05, 3.63) is 89.5 Å². The number of esters is 1. The summed E-state index contributed by atoms with van der Waals surface area (Å²) < 4.78 is 6.67. The Kier molecular flexibility index (Phi) is 7.77. The van der Waals surface area contributed by atoms with Gasteiger partial charge in [-0.3, -0.25) is 14.6 Å². The second-order valence-corrected chi connectivity index (χ2v) is 12.1. The second-order valence-electron chi connectivity index (χ2n) is 11.7. The Morgan fingerprint density at radius 2 is 1.81 bits per heavy atom. The van der Waals surface area contributed by atoms with E-state index in [-0.39, 0.29) is 22.8 Å². The zero-order valence-corrected chi connectivity index (χ0v) is 24.3. The average molecular weight is 586 g/mol. The molecule has 0 radical (unpaired) electrons. The number of aromatic nitrogens is 5. The van der Waals surface area contributed by atoms with Gasteiger partial charge in [-0.2, -0.15) is 0 Å². The number of carbonyl (C=O) groups excluding carboxylic acids is 2. The second kappa shape index (κ2) is 11.6. The van der Waals surface area contributed by atoms with Crippen LogP contribution in [0.2, 0.25) is 5.02 Å². The highest BCUT2D eigenvalue weighted by Gasteiger charge is 2.50. The number of nitrogens with one attached hydrogen (secondary N) is 2. The van der Waals surface area contributed by atoms with Gasteiger partial charge >= 0.3 is 5.97 Å². The molecule has 3 saturated carbocycles. The molecule has 2 heterocycles. The third-order valence-electron chi connectivity index (χ3n) is 9.19. The van der Waals surface area contributed by atoms with Gasteiger partial charge in [0.15, 0.2) is 5.21 Å². The zero-order chi connectivity index (χ0) is 29.2. The third kappa shape index (κ3) is 5.79. The molecule has 9 nitrogen and oxygen atoms in total. The van der Waals surface area contributed by atoms with Crippen LogP contribution in [0.3, 0.4) is 0 Å². The van der Waals surface area contributed by atoms with E-state index in [1.54, 1.807) is 17.2 Å². The molecule has 1 unspecified atom stereocenters. The quantitative estimate of drug-likeness (QED) is 0.213. The van der Waals surface area contributed by atoms with Crippen molar-refractivity contribution >= 4 is 23.5 Å². The number of methoxy groups -OCH3 is 1. The van der Waals surface area contributed by atoms with Gasteiger partial charge in [0, 0.05) is 27.9 Å². The van der Waals surface area contributed by atoms with Gasteiger partial charge in [0.2, 0.25) is 5.91 Å². The lowest BCUT2D eigenvalue weighted by molar-refractivity contribution is -0.659. The van der Waals surface area contributed by atoms with Gasteiger partial charge in [0.1, 0.15) is 10.8 Å². The summed E-state index contributed by atoms with van der Waals surface area (Å²) >= 11 is 6.36. The van der Waals surface area contributed by atoms with Crippen molar-refractivity contribution in [2.45, 2.75) is 62.8 Å². The summed E-state index contributed by atoms with van der Waals surface area (Å²) in [6.07, 6.45) is 9.77. The number of hydrogen-bond donors (Lipinski definition) is 2. The molecule has 10 heteroatoms. The van der Waals surface area contributed by atoms with Crippen molar-refractivity contribution < 1.29 is 19.0 Å². The van der Waals surface area contributed by atoms with Crippen molar-refractivity contribution in [2.75, 3.05) is 7.11 Å². The van der Waals surface area contributed by atoms with Crippen LogP contribution in [0.25, 0.3) is 16.8 Å². The van der Waals surface area contributed by atoms with Gasteiger partial charge < -0.3 is 10.1 Å². The molecule has 1 atom stereocenters. The molecule has 2 bridgehead atoms. The number of pyridine rings is 1. The summed E-state index contributed by atoms with van der Waals surface area (Å²) in [6, 6.07) is 19.5. The fourth-order valence-electron chi connectivity index (χ4n) is 6.64. The molecule has 3 fully saturated rings. The number of rotatable bonds is 9. The Bertz CT molecular complexity index is 1530. The molecule has 2 aromatic heterocycles. The van der Waals surface area contributed by atoms with E-state index in [4.69, 9.17) is 21.3 Å². The topological polar surface area (TPSA) is 114 Å². The van der Waals surface area contributed by atoms with Crippen LogP contribution in [0.4, 0.5) is 0 Å². The molecular formula is C32H34ClN6O3+. The first kappa shape index (κ1) is 28.0. The van der Waals surface area contributed by atoms with Gasteiger partial charge in [-0.05, 0) is 80.2 Å². The van der Waals surface area contributed by atoms with E-state index in [9.17, 15) is 9.59 Å². The van der Waals surface area contributed by atoms with Crippen LogP contribution in [-0.4, -0.2) is 45.0 Å². The number of H-pyrrole nitrogens is 1. The maximum Gasteiger partial charge on any atom is 0.306 e. The molecule has 216 valence electrons. The number of carbonyl (C=O) groups is 2. The Morgan fingerprint density at radius 1 is 1.05 bits per heavy atom. The number of ether oxygens (including phenoxy) is 1. The number of benzene rings is 2. The van der Waals surface area contributed by atoms with Crippen molar-refractivity contribution in [1.29, 1.82) is 0 Å². The summed E-state index contributed by atoms with van der Waals surface area (Å²) in [6.45, 7) is 0. The van der Waals surface area contributed by atoms with Gasteiger partial charge in [0.05, 0.1) is 25.1 Å². The fourth-order valence-corrected chi connectivity index (χ4v) is 6.81. The SMILES string of the molecule is COC(=O)CC12CCC(NC(=O)C(Cc3ccccc3)c3ccc(-c4cc(Cl)ccc4-[n+]4cnn[nH]4)cn3)(CC1)CC2. The Hall–Kier alpha value is -4.11. The molecule has 1 amide bonds. The molecule has 42 heavy (non-hydrogen) atoms. The molecule has 7 rings (SSSR count). The maximum atomic E-state index is 14.0. The highest BCUT2D eigenvalue weighted by molar-refractivity contribution is 6.31. The zero-order valence-electron chi connectivity index (χ0n) is 23.6. The van der Waals surface area contributed by atoms with Crippen LogP contribution < -0.4 is 10.00 Å². The van der Waals surface area contributed by atoms with Crippen LogP contribution >= 0.6 is 11.6 Å². The number of amides is 1. The normalized spacial score (nSPS) is 22.0. The van der Waals surface area contributed by atoms with E-state index in [0.717, 1.165) is 60.9 Å². The lowest BCUT2D eigenvalue weighted by Gasteiger charge is -2.53. The van der Waals surface area contributed by atoms with E-state index < -0.39 is 5.92 Å². The minimum atomic E-state index is -0.454. The molecule has 3 aliphatic carbocycles. The van der Waals surface area contributed by atoms with Crippen molar-refractivity contribution in [3.63, 3.8) is 0 Å². The van der Waals surface area contributed by atoms with E-state index in [1.807, 2.05) is 60.7 Å². The van der Waals surface area contributed by atoms with Crippen LogP contribution in [-0.2, 0) is 20.7 Å². The van der Waals surface area contributed by atoms with E-state index >= 15 is 0 Å². The lowest BCUT2D eigenvalue weighted by atomic mass is 9.56. The van der Waals surface area contributed by atoms with Crippen molar-refractivity contribution in [1.82, 2.24) is 25.8 Å². The highest BCUT2D eigenvalue weighted by Crippen LogP contribution is 2.54. The maximum absolute atomic E-state index is 14.0.